The number of rotatable bonds is 6. The third kappa shape index (κ3) is 4.95. The summed E-state index contributed by atoms with van der Waals surface area (Å²) in [7, 11) is 5.47. The summed E-state index contributed by atoms with van der Waals surface area (Å²) in [5.74, 6) is -0.349. The molecule has 0 atom stereocenters. The van der Waals surface area contributed by atoms with E-state index in [9.17, 15) is 4.79 Å². The monoisotopic (exact) mass is 371 g/mol. The van der Waals surface area contributed by atoms with Crippen LogP contribution in [0.15, 0.2) is 24.3 Å². The van der Waals surface area contributed by atoms with Crippen molar-refractivity contribution in [2.45, 2.75) is 12.8 Å². The second-order valence-corrected chi connectivity index (χ2v) is 7.84. The zero-order valence-electron chi connectivity index (χ0n) is 13.4. The Bertz CT molecular complexity index is 698. The van der Waals surface area contributed by atoms with Crippen molar-refractivity contribution in [1.82, 2.24) is 4.90 Å². The first-order valence-electron chi connectivity index (χ1n) is 7.23. The summed E-state index contributed by atoms with van der Waals surface area (Å²) in [6.07, 6.45) is 1.89. The molecule has 1 aromatic carbocycles. The summed E-state index contributed by atoms with van der Waals surface area (Å²) in [5, 5.41) is 0. The largest absolute Gasteiger partial charge is 0.465 e. The van der Waals surface area contributed by atoms with E-state index in [1.54, 1.807) is 6.07 Å². The maximum Gasteiger partial charge on any atom is 0.337 e. The van der Waals surface area contributed by atoms with Crippen molar-refractivity contribution in [2.24, 2.45) is 0 Å². The van der Waals surface area contributed by atoms with Gasteiger partial charge in [-0.3, -0.25) is 0 Å². The van der Waals surface area contributed by atoms with Crippen molar-refractivity contribution in [3.05, 3.63) is 44.1 Å². The fourth-order valence-electron chi connectivity index (χ4n) is 2.36. The second kappa shape index (κ2) is 8.15. The van der Waals surface area contributed by atoms with E-state index in [1.165, 1.54) is 18.4 Å². The minimum atomic E-state index is -0.349. The molecule has 0 saturated carbocycles. The average Bonchev–Trinajstić information content (AvgIpc) is 2.84. The lowest BCUT2D eigenvalue weighted by atomic mass is 9.99. The van der Waals surface area contributed by atoms with Crippen LogP contribution in [0.5, 0.6) is 0 Å². The maximum absolute atomic E-state index is 11.9. The van der Waals surface area contributed by atoms with Crippen LogP contribution in [0.4, 0.5) is 0 Å². The summed E-state index contributed by atoms with van der Waals surface area (Å²) in [4.78, 5) is 14.1. The van der Waals surface area contributed by atoms with Gasteiger partial charge in [0.2, 0.25) is 0 Å². The highest BCUT2D eigenvalue weighted by Gasteiger charge is 2.14. The van der Waals surface area contributed by atoms with E-state index in [2.05, 4.69) is 11.0 Å². The minimum Gasteiger partial charge on any atom is -0.465 e. The predicted octanol–water partition coefficient (Wildman–Crippen LogP) is 5.00. The van der Waals surface area contributed by atoms with E-state index >= 15 is 0 Å². The second-order valence-electron chi connectivity index (χ2n) is 5.55. The van der Waals surface area contributed by atoms with Crippen LogP contribution in [0.2, 0.25) is 8.67 Å². The van der Waals surface area contributed by atoms with Gasteiger partial charge in [-0.2, -0.15) is 0 Å². The highest BCUT2D eigenvalue weighted by atomic mass is 35.5. The van der Waals surface area contributed by atoms with Crippen LogP contribution in [0, 0.1) is 0 Å². The van der Waals surface area contributed by atoms with Crippen molar-refractivity contribution >= 4 is 40.5 Å². The van der Waals surface area contributed by atoms with Crippen LogP contribution in [0.25, 0.3) is 11.1 Å². The SMILES string of the molecule is COC(=O)c1cc(CCCN(C)C)cc(-c2cc(Cl)sc2Cl)c1. The van der Waals surface area contributed by atoms with E-state index in [0.717, 1.165) is 36.1 Å². The molecule has 0 amide bonds. The minimum absolute atomic E-state index is 0.349. The summed E-state index contributed by atoms with van der Waals surface area (Å²) in [6, 6.07) is 7.57. The predicted molar refractivity (Wildman–Crippen MR) is 98.0 cm³/mol. The summed E-state index contributed by atoms with van der Waals surface area (Å²) >= 11 is 13.6. The topological polar surface area (TPSA) is 29.5 Å². The Morgan fingerprint density at radius 2 is 1.96 bits per heavy atom. The first kappa shape index (κ1) is 18.3. The molecule has 0 fully saturated rings. The number of esters is 1. The number of carbonyl (C=O) groups is 1. The van der Waals surface area contributed by atoms with Crippen molar-refractivity contribution in [2.75, 3.05) is 27.7 Å². The number of benzene rings is 1. The van der Waals surface area contributed by atoms with E-state index in [-0.39, 0.29) is 5.97 Å². The Balaban J connectivity index is 2.37. The third-order valence-corrected chi connectivity index (χ3v) is 4.94. The number of methoxy groups -OCH3 is 1. The lowest BCUT2D eigenvalue weighted by Gasteiger charge is -2.11. The summed E-state index contributed by atoms with van der Waals surface area (Å²) in [6.45, 7) is 0.989. The van der Waals surface area contributed by atoms with E-state index in [4.69, 9.17) is 27.9 Å². The normalized spacial score (nSPS) is 11.0. The fourth-order valence-corrected chi connectivity index (χ4v) is 3.87. The number of aryl methyl sites for hydroxylation is 1. The van der Waals surface area contributed by atoms with Gasteiger partial charge in [-0.15, -0.1) is 11.3 Å². The molecular weight excluding hydrogens is 353 g/mol. The number of hydrogen-bond donors (Lipinski definition) is 0. The van der Waals surface area contributed by atoms with Crippen molar-refractivity contribution in [3.63, 3.8) is 0 Å². The van der Waals surface area contributed by atoms with Gasteiger partial charge < -0.3 is 9.64 Å². The number of hydrogen-bond acceptors (Lipinski definition) is 4. The molecule has 2 rings (SSSR count). The Morgan fingerprint density at radius 1 is 1.22 bits per heavy atom. The molecule has 0 N–H and O–H groups in total. The molecule has 1 heterocycles. The molecule has 0 bridgehead atoms. The first-order chi connectivity index (χ1) is 10.9. The van der Waals surface area contributed by atoms with Gasteiger partial charge in [-0.25, -0.2) is 4.79 Å². The van der Waals surface area contributed by atoms with Gasteiger partial charge in [-0.1, -0.05) is 29.3 Å². The molecular formula is C17H19Cl2NO2S. The Kier molecular flexibility index (Phi) is 6.48. The van der Waals surface area contributed by atoms with Crippen LogP contribution in [0.1, 0.15) is 22.3 Å². The smallest absolute Gasteiger partial charge is 0.337 e. The van der Waals surface area contributed by atoms with Gasteiger partial charge >= 0.3 is 5.97 Å². The van der Waals surface area contributed by atoms with Gasteiger partial charge in [0.05, 0.1) is 17.0 Å². The van der Waals surface area contributed by atoms with E-state index in [0.29, 0.717) is 14.2 Å². The standard InChI is InChI=1S/C17H19Cl2NO2S/c1-20(2)6-4-5-11-7-12(9-13(8-11)17(21)22-3)14-10-15(18)23-16(14)19/h7-10H,4-6H2,1-3H3. The zero-order chi connectivity index (χ0) is 17.0. The highest BCUT2D eigenvalue weighted by Crippen LogP contribution is 2.38. The van der Waals surface area contributed by atoms with E-state index in [1.807, 2.05) is 26.2 Å². The van der Waals surface area contributed by atoms with Crippen LogP contribution in [-0.2, 0) is 11.2 Å². The third-order valence-electron chi connectivity index (χ3n) is 3.45. The number of thiophene rings is 1. The van der Waals surface area contributed by atoms with Crippen molar-refractivity contribution < 1.29 is 9.53 Å². The number of nitrogens with zero attached hydrogens (tertiary/aromatic N) is 1. The number of ether oxygens (including phenoxy) is 1. The van der Waals surface area contributed by atoms with Crippen molar-refractivity contribution in [3.8, 4) is 11.1 Å². The molecule has 6 heteroatoms. The Labute approximate surface area is 150 Å². The molecule has 3 nitrogen and oxygen atoms in total. The van der Waals surface area contributed by atoms with Gasteiger partial charge in [0, 0.05) is 5.56 Å². The van der Waals surface area contributed by atoms with Crippen molar-refractivity contribution in [1.29, 1.82) is 0 Å². The summed E-state index contributed by atoms with van der Waals surface area (Å²) in [5.41, 5.74) is 3.36. The van der Waals surface area contributed by atoms with Crippen LogP contribution in [0.3, 0.4) is 0 Å². The summed E-state index contributed by atoms with van der Waals surface area (Å²) < 4.78 is 6.11. The molecule has 0 aliphatic heterocycles. The molecule has 0 aliphatic rings. The molecule has 23 heavy (non-hydrogen) atoms. The molecule has 1 aromatic heterocycles. The molecule has 0 aliphatic carbocycles. The van der Waals surface area contributed by atoms with Gasteiger partial charge in [-0.05, 0) is 62.8 Å². The number of halogens is 2. The van der Waals surface area contributed by atoms with Gasteiger partial charge in [0.25, 0.3) is 0 Å². The molecule has 0 radical (unpaired) electrons. The maximum atomic E-state index is 11.9. The van der Waals surface area contributed by atoms with E-state index < -0.39 is 0 Å². The van der Waals surface area contributed by atoms with Crippen LogP contribution >= 0.6 is 34.5 Å². The molecule has 124 valence electrons. The molecule has 2 aromatic rings. The lowest BCUT2D eigenvalue weighted by molar-refractivity contribution is 0.0600. The molecule has 0 spiro atoms. The average molecular weight is 372 g/mol. The molecule has 0 saturated heterocycles. The lowest BCUT2D eigenvalue weighted by Crippen LogP contribution is -2.13. The first-order valence-corrected chi connectivity index (χ1v) is 8.80. The quantitative estimate of drug-likeness (QED) is 0.668. The fraction of sp³-hybridized carbons (Fsp3) is 0.353. The van der Waals surface area contributed by atoms with Gasteiger partial charge in [0.1, 0.15) is 4.34 Å². The highest BCUT2D eigenvalue weighted by molar-refractivity contribution is 7.20. The van der Waals surface area contributed by atoms with Gasteiger partial charge in [0.15, 0.2) is 0 Å². The zero-order valence-corrected chi connectivity index (χ0v) is 15.7. The Hall–Kier alpha value is -1.07. The van der Waals surface area contributed by atoms with Crippen LogP contribution < -0.4 is 0 Å². The Morgan fingerprint density at radius 3 is 2.52 bits per heavy atom. The molecule has 0 unspecified atom stereocenters. The van der Waals surface area contributed by atoms with Crippen LogP contribution in [-0.4, -0.2) is 38.6 Å². The number of carbonyl (C=O) groups excluding carboxylic acids is 1.